The van der Waals surface area contributed by atoms with E-state index in [9.17, 15) is 9.18 Å². The minimum atomic E-state index is -0.278. The maximum absolute atomic E-state index is 13.4. The molecule has 0 aliphatic heterocycles. The van der Waals surface area contributed by atoms with Gasteiger partial charge in [-0.15, -0.1) is 0 Å². The van der Waals surface area contributed by atoms with Crippen LogP contribution in [0.15, 0.2) is 42.5 Å². The molecule has 2 aromatic carbocycles. The van der Waals surface area contributed by atoms with Crippen molar-refractivity contribution in [2.75, 3.05) is 5.32 Å². The SMILES string of the molecule is Cc1c(Cl)cccc1NC(=O)CCc1ccccc1F. The number of carbonyl (C=O) groups is 1. The van der Waals surface area contributed by atoms with E-state index in [2.05, 4.69) is 5.32 Å². The Hall–Kier alpha value is -1.87. The summed E-state index contributed by atoms with van der Waals surface area (Å²) in [6, 6.07) is 11.8. The lowest BCUT2D eigenvalue weighted by Crippen LogP contribution is -2.13. The Kier molecular flexibility index (Phi) is 4.74. The maximum atomic E-state index is 13.4. The molecule has 2 aromatic rings. The second-order valence-electron chi connectivity index (χ2n) is 4.55. The molecule has 0 saturated carbocycles. The van der Waals surface area contributed by atoms with Crippen molar-refractivity contribution in [3.8, 4) is 0 Å². The molecule has 104 valence electrons. The van der Waals surface area contributed by atoms with E-state index in [0.717, 1.165) is 5.56 Å². The van der Waals surface area contributed by atoms with Gasteiger partial charge in [-0.25, -0.2) is 4.39 Å². The quantitative estimate of drug-likeness (QED) is 0.891. The van der Waals surface area contributed by atoms with Gasteiger partial charge < -0.3 is 5.32 Å². The second-order valence-corrected chi connectivity index (χ2v) is 4.96. The molecule has 1 N–H and O–H groups in total. The summed E-state index contributed by atoms with van der Waals surface area (Å²) in [5.41, 5.74) is 2.06. The van der Waals surface area contributed by atoms with Crippen LogP contribution in [0.2, 0.25) is 5.02 Å². The molecule has 0 saturated heterocycles. The summed E-state index contributed by atoms with van der Waals surface area (Å²) in [5.74, 6) is -0.433. The van der Waals surface area contributed by atoms with Gasteiger partial charge in [0.15, 0.2) is 0 Å². The lowest BCUT2D eigenvalue weighted by molar-refractivity contribution is -0.116. The van der Waals surface area contributed by atoms with Crippen LogP contribution in [0.25, 0.3) is 0 Å². The number of amides is 1. The van der Waals surface area contributed by atoms with E-state index in [1.54, 1.807) is 36.4 Å². The van der Waals surface area contributed by atoms with Crippen molar-refractivity contribution in [2.45, 2.75) is 19.8 Å². The number of hydrogen-bond acceptors (Lipinski definition) is 1. The molecule has 0 atom stereocenters. The van der Waals surface area contributed by atoms with Crippen LogP contribution >= 0.6 is 11.6 Å². The van der Waals surface area contributed by atoms with Crippen LogP contribution in [0.1, 0.15) is 17.5 Å². The molecule has 0 spiro atoms. The Bertz CT molecular complexity index is 628. The highest BCUT2D eigenvalue weighted by molar-refractivity contribution is 6.31. The molecule has 0 bridgehead atoms. The Morgan fingerprint density at radius 3 is 2.70 bits per heavy atom. The van der Waals surface area contributed by atoms with Gasteiger partial charge in [-0.05, 0) is 42.7 Å². The molecule has 2 nitrogen and oxygen atoms in total. The predicted octanol–water partition coefficient (Wildman–Crippen LogP) is 4.36. The number of benzene rings is 2. The lowest BCUT2D eigenvalue weighted by atomic mass is 10.1. The van der Waals surface area contributed by atoms with Crippen LogP contribution in [-0.4, -0.2) is 5.91 Å². The van der Waals surface area contributed by atoms with Crippen LogP contribution in [0.3, 0.4) is 0 Å². The number of nitrogens with one attached hydrogen (secondary N) is 1. The number of halogens is 2. The van der Waals surface area contributed by atoms with Crippen LogP contribution in [0.4, 0.5) is 10.1 Å². The van der Waals surface area contributed by atoms with Gasteiger partial charge in [0.25, 0.3) is 0 Å². The molecule has 0 aliphatic carbocycles. The summed E-state index contributed by atoms with van der Waals surface area (Å²) in [6.07, 6.45) is 0.602. The molecule has 0 fully saturated rings. The number of carbonyl (C=O) groups excluding carboxylic acids is 1. The summed E-state index contributed by atoms with van der Waals surface area (Å²) in [7, 11) is 0. The molecule has 20 heavy (non-hydrogen) atoms. The van der Waals surface area contributed by atoms with Crippen molar-refractivity contribution in [3.63, 3.8) is 0 Å². The Morgan fingerprint density at radius 1 is 1.20 bits per heavy atom. The van der Waals surface area contributed by atoms with E-state index >= 15 is 0 Å². The van der Waals surface area contributed by atoms with Crippen molar-refractivity contribution >= 4 is 23.2 Å². The first-order valence-electron chi connectivity index (χ1n) is 6.36. The van der Waals surface area contributed by atoms with E-state index in [1.807, 2.05) is 6.92 Å². The van der Waals surface area contributed by atoms with Crippen molar-refractivity contribution < 1.29 is 9.18 Å². The van der Waals surface area contributed by atoms with Crippen LogP contribution in [0, 0.1) is 12.7 Å². The lowest BCUT2D eigenvalue weighted by Gasteiger charge is -2.09. The van der Waals surface area contributed by atoms with E-state index in [-0.39, 0.29) is 18.1 Å². The third-order valence-electron chi connectivity index (χ3n) is 3.12. The van der Waals surface area contributed by atoms with Gasteiger partial charge in [0, 0.05) is 17.1 Å². The van der Waals surface area contributed by atoms with Gasteiger partial charge in [-0.2, -0.15) is 0 Å². The Labute approximate surface area is 122 Å². The molecular weight excluding hydrogens is 277 g/mol. The molecule has 1 amide bonds. The molecule has 0 unspecified atom stereocenters. The maximum Gasteiger partial charge on any atom is 0.224 e. The van der Waals surface area contributed by atoms with Crippen molar-refractivity contribution in [1.82, 2.24) is 0 Å². The van der Waals surface area contributed by atoms with Gasteiger partial charge in [0.05, 0.1) is 0 Å². The summed E-state index contributed by atoms with van der Waals surface area (Å²) in [6.45, 7) is 1.84. The fraction of sp³-hybridized carbons (Fsp3) is 0.188. The van der Waals surface area contributed by atoms with Crippen LogP contribution in [-0.2, 0) is 11.2 Å². The normalized spacial score (nSPS) is 10.3. The standard InChI is InChI=1S/C16H15ClFNO/c1-11-13(17)6-4-8-15(11)19-16(20)10-9-12-5-2-3-7-14(12)18/h2-8H,9-10H2,1H3,(H,19,20). The zero-order valence-electron chi connectivity index (χ0n) is 11.1. The van der Waals surface area contributed by atoms with Crippen molar-refractivity contribution in [1.29, 1.82) is 0 Å². The monoisotopic (exact) mass is 291 g/mol. The first-order chi connectivity index (χ1) is 9.58. The third-order valence-corrected chi connectivity index (χ3v) is 3.53. The van der Waals surface area contributed by atoms with E-state index in [4.69, 9.17) is 11.6 Å². The van der Waals surface area contributed by atoms with Crippen LogP contribution in [0.5, 0.6) is 0 Å². The number of rotatable bonds is 4. The molecule has 4 heteroatoms. The summed E-state index contributed by atoms with van der Waals surface area (Å²) < 4.78 is 13.4. The van der Waals surface area contributed by atoms with Gasteiger partial charge >= 0.3 is 0 Å². The zero-order valence-corrected chi connectivity index (χ0v) is 11.9. The zero-order chi connectivity index (χ0) is 14.5. The topological polar surface area (TPSA) is 29.1 Å². The Balaban J connectivity index is 1.96. The molecule has 0 aliphatic rings. The van der Waals surface area contributed by atoms with Crippen molar-refractivity contribution in [2.24, 2.45) is 0 Å². The minimum Gasteiger partial charge on any atom is -0.326 e. The highest BCUT2D eigenvalue weighted by atomic mass is 35.5. The van der Waals surface area contributed by atoms with Gasteiger partial charge in [-0.3, -0.25) is 4.79 Å². The minimum absolute atomic E-state index is 0.154. The molecule has 0 aromatic heterocycles. The molecule has 0 radical (unpaired) electrons. The number of anilines is 1. The van der Waals surface area contributed by atoms with Gasteiger partial charge in [0.2, 0.25) is 5.91 Å². The summed E-state index contributed by atoms with van der Waals surface area (Å²) in [5, 5.41) is 3.40. The first kappa shape index (κ1) is 14.5. The fourth-order valence-corrected chi connectivity index (χ4v) is 2.08. The summed E-state index contributed by atoms with van der Waals surface area (Å²) in [4.78, 5) is 11.9. The van der Waals surface area contributed by atoms with E-state index in [1.165, 1.54) is 6.07 Å². The van der Waals surface area contributed by atoms with Gasteiger partial charge in [0.1, 0.15) is 5.82 Å². The highest BCUT2D eigenvalue weighted by Crippen LogP contribution is 2.23. The van der Waals surface area contributed by atoms with E-state index in [0.29, 0.717) is 22.7 Å². The average molecular weight is 292 g/mol. The van der Waals surface area contributed by atoms with Gasteiger partial charge in [-0.1, -0.05) is 35.9 Å². The largest absolute Gasteiger partial charge is 0.326 e. The molecule has 0 heterocycles. The third kappa shape index (κ3) is 3.58. The predicted molar refractivity (Wildman–Crippen MR) is 79.5 cm³/mol. The Morgan fingerprint density at radius 2 is 1.95 bits per heavy atom. The second kappa shape index (κ2) is 6.53. The summed E-state index contributed by atoms with van der Waals surface area (Å²) >= 11 is 5.99. The highest BCUT2D eigenvalue weighted by Gasteiger charge is 2.08. The molecule has 2 rings (SSSR count). The van der Waals surface area contributed by atoms with Crippen molar-refractivity contribution in [3.05, 3.63) is 64.4 Å². The first-order valence-corrected chi connectivity index (χ1v) is 6.74. The fourth-order valence-electron chi connectivity index (χ4n) is 1.90. The number of aryl methyl sites for hydroxylation is 1. The molecular formula is C16H15ClFNO. The number of hydrogen-bond donors (Lipinski definition) is 1. The smallest absolute Gasteiger partial charge is 0.224 e. The average Bonchev–Trinajstić information content (AvgIpc) is 2.43. The van der Waals surface area contributed by atoms with E-state index < -0.39 is 0 Å². The van der Waals surface area contributed by atoms with Crippen LogP contribution < -0.4 is 5.32 Å².